The van der Waals surface area contributed by atoms with E-state index in [-0.39, 0.29) is 11.8 Å². The molecule has 1 unspecified atom stereocenters. The lowest BCUT2D eigenvalue weighted by atomic mass is 10.0. The SMILES string of the molecule is COC(=O)C(CC(C)C)NC(=O)c1ccn2cc(-c3ccccc3)nc2c1. The minimum atomic E-state index is -0.668. The highest BCUT2D eigenvalue weighted by atomic mass is 16.5. The fourth-order valence-electron chi connectivity index (χ4n) is 2.94. The highest BCUT2D eigenvalue weighted by Gasteiger charge is 2.23. The Hall–Kier alpha value is -3.15. The number of ether oxygens (including phenoxy) is 1. The third kappa shape index (κ3) is 4.34. The van der Waals surface area contributed by atoms with Crippen LogP contribution in [0.5, 0.6) is 0 Å². The Morgan fingerprint density at radius 3 is 2.59 bits per heavy atom. The minimum absolute atomic E-state index is 0.248. The van der Waals surface area contributed by atoms with E-state index in [0.717, 1.165) is 11.3 Å². The number of pyridine rings is 1. The van der Waals surface area contributed by atoms with Gasteiger partial charge in [-0.3, -0.25) is 4.79 Å². The third-order valence-electron chi connectivity index (χ3n) is 4.29. The van der Waals surface area contributed by atoms with Crippen LogP contribution in [0.4, 0.5) is 0 Å². The molecule has 1 N–H and O–H groups in total. The maximum atomic E-state index is 12.6. The van der Waals surface area contributed by atoms with Crippen molar-refractivity contribution in [3.63, 3.8) is 0 Å². The molecule has 6 heteroatoms. The number of nitrogens with zero attached hydrogens (tertiary/aromatic N) is 2. The highest BCUT2D eigenvalue weighted by molar-refractivity contribution is 5.97. The van der Waals surface area contributed by atoms with Crippen molar-refractivity contribution in [2.45, 2.75) is 26.3 Å². The molecule has 6 nitrogen and oxygen atoms in total. The zero-order valence-electron chi connectivity index (χ0n) is 15.7. The van der Waals surface area contributed by atoms with Gasteiger partial charge in [0.25, 0.3) is 5.91 Å². The number of amides is 1. The monoisotopic (exact) mass is 365 g/mol. The van der Waals surface area contributed by atoms with Crippen molar-refractivity contribution < 1.29 is 14.3 Å². The first kappa shape index (κ1) is 18.6. The minimum Gasteiger partial charge on any atom is -0.467 e. The van der Waals surface area contributed by atoms with Crippen molar-refractivity contribution in [3.8, 4) is 11.3 Å². The molecule has 0 spiro atoms. The van der Waals surface area contributed by atoms with Crippen LogP contribution in [-0.4, -0.2) is 34.4 Å². The van der Waals surface area contributed by atoms with Gasteiger partial charge in [0.15, 0.2) is 0 Å². The van der Waals surface area contributed by atoms with E-state index in [0.29, 0.717) is 17.6 Å². The first-order chi connectivity index (χ1) is 13.0. The molecule has 2 aromatic heterocycles. The number of rotatable bonds is 6. The summed E-state index contributed by atoms with van der Waals surface area (Å²) in [6, 6.07) is 12.6. The van der Waals surface area contributed by atoms with Crippen molar-refractivity contribution in [3.05, 3.63) is 60.4 Å². The van der Waals surface area contributed by atoms with Gasteiger partial charge >= 0.3 is 5.97 Å². The topological polar surface area (TPSA) is 72.7 Å². The number of hydrogen-bond donors (Lipinski definition) is 1. The molecule has 27 heavy (non-hydrogen) atoms. The molecule has 1 aromatic carbocycles. The molecule has 0 aliphatic carbocycles. The lowest BCUT2D eigenvalue weighted by Crippen LogP contribution is -2.42. The number of methoxy groups -OCH3 is 1. The Morgan fingerprint density at radius 1 is 1.19 bits per heavy atom. The van der Waals surface area contributed by atoms with Crippen LogP contribution in [-0.2, 0) is 9.53 Å². The van der Waals surface area contributed by atoms with E-state index in [1.807, 2.05) is 54.8 Å². The summed E-state index contributed by atoms with van der Waals surface area (Å²) < 4.78 is 6.67. The summed E-state index contributed by atoms with van der Waals surface area (Å²) in [4.78, 5) is 29.2. The summed E-state index contributed by atoms with van der Waals surface area (Å²) in [5.74, 6) is -0.513. The number of esters is 1. The van der Waals surface area contributed by atoms with E-state index in [1.54, 1.807) is 18.3 Å². The number of carbonyl (C=O) groups excluding carboxylic acids is 2. The molecule has 1 amide bonds. The van der Waals surface area contributed by atoms with Crippen LogP contribution in [0, 0.1) is 5.92 Å². The van der Waals surface area contributed by atoms with Crippen LogP contribution < -0.4 is 5.32 Å². The van der Waals surface area contributed by atoms with Gasteiger partial charge in [-0.25, -0.2) is 9.78 Å². The zero-order chi connectivity index (χ0) is 19.4. The second kappa shape index (κ2) is 8.03. The molecule has 1 atom stereocenters. The molecular formula is C21H23N3O3. The van der Waals surface area contributed by atoms with Crippen molar-refractivity contribution in [2.75, 3.05) is 7.11 Å². The first-order valence-electron chi connectivity index (χ1n) is 8.91. The molecule has 2 heterocycles. The normalized spacial score (nSPS) is 12.1. The van der Waals surface area contributed by atoms with Crippen molar-refractivity contribution in [1.82, 2.24) is 14.7 Å². The summed E-state index contributed by atoms with van der Waals surface area (Å²) in [5, 5.41) is 2.77. The van der Waals surface area contributed by atoms with Crippen LogP contribution in [0.2, 0.25) is 0 Å². The van der Waals surface area contributed by atoms with Crippen LogP contribution in [0.3, 0.4) is 0 Å². The van der Waals surface area contributed by atoms with E-state index in [1.165, 1.54) is 7.11 Å². The Balaban J connectivity index is 1.83. The van der Waals surface area contributed by atoms with Gasteiger partial charge in [-0.05, 0) is 24.5 Å². The molecule has 0 aliphatic heterocycles. The number of imidazole rings is 1. The van der Waals surface area contributed by atoms with Crippen LogP contribution in [0.1, 0.15) is 30.6 Å². The van der Waals surface area contributed by atoms with Gasteiger partial charge in [-0.15, -0.1) is 0 Å². The number of benzene rings is 1. The van der Waals surface area contributed by atoms with E-state index in [9.17, 15) is 9.59 Å². The fraction of sp³-hybridized carbons (Fsp3) is 0.286. The number of carbonyl (C=O) groups is 2. The van der Waals surface area contributed by atoms with Crippen molar-refractivity contribution in [2.24, 2.45) is 5.92 Å². The van der Waals surface area contributed by atoms with Crippen molar-refractivity contribution in [1.29, 1.82) is 0 Å². The lowest BCUT2D eigenvalue weighted by molar-refractivity contribution is -0.143. The van der Waals surface area contributed by atoms with Crippen molar-refractivity contribution >= 4 is 17.5 Å². The van der Waals surface area contributed by atoms with Gasteiger partial charge in [0, 0.05) is 23.5 Å². The second-order valence-electron chi connectivity index (χ2n) is 6.85. The summed E-state index contributed by atoms with van der Waals surface area (Å²) >= 11 is 0. The maximum absolute atomic E-state index is 12.6. The van der Waals surface area contributed by atoms with Gasteiger partial charge in [0.2, 0.25) is 0 Å². The van der Waals surface area contributed by atoms with Gasteiger partial charge in [0.1, 0.15) is 11.7 Å². The number of hydrogen-bond acceptors (Lipinski definition) is 4. The Labute approximate surface area is 158 Å². The summed E-state index contributed by atoms with van der Waals surface area (Å²) in [5.41, 5.74) is 2.96. The number of aromatic nitrogens is 2. The fourth-order valence-corrected chi connectivity index (χ4v) is 2.94. The smallest absolute Gasteiger partial charge is 0.328 e. The zero-order valence-corrected chi connectivity index (χ0v) is 15.7. The Bertz CT molecular complexity index is 948. The third-order valence-corrected chi connectivity index (χ3v) is 4.29. The highest BCUT2D eigenvalue weighted by Crippen LogP contribution is 2.19. The predicted octanol–water partition coefficient (Wildman–Crippen LogP) is 3.32. The van der Waals surface area contributed by atoms with Crippen LogP contribution in [0.25, 0.3) is 16.9 Å². The molecule has 0 saturated carbocycles. The van der Waals surface area contributed by atoms with Gasteiger partial charge < -0.3 is 14.5 Å². The second-order valence-corrected chi connectivity index (χ2v) is 6.85. The summed E-state index contributed by atoms with van der Waals surface area (Å²) in [6.07, 6.45) is 4.23. The van der Waals surface area contributed by atoms with E-state index in [4.69, 9.17) is 4.74 Å². The molecule has 0 radical (unpaired) electrons. The number of fused-ring (bicyclic) bond motifs is 1. The molecule has 140 valence electrons. The van der Waals surface area contributed by atoms with E-state index < -0.39 is 12.0 Å². The maximum Gasteiger partial charge on any atom is 0.328 e. The first-order valence-corrected chi connectivity index (χ1v) is 8.91. The largest absolute Gasteiger partial charge is 0.467 e. The Morgan fingerprint density at radius 2 is 1.93 bits per heavy atom. The average Bonchev–Trinajstić information content (AvgIpc) is 3.10. The van der Waals surface area contributed by atoms with E-state index >= 15 is 0 Å². The van der Waals surface area contributed by atoms with Gasteiger partial charge in [-0.1, -0.05) is 44.2 Å². The lowest BCUT2D eigenvalue weighted by Gasteiger charge is -2.18. The predicted molar refractivity (Wildman–Crippen MR) is 103 cm³/mol. The molecule has 0 fully saturated rings. The summed E-state index contributed by atoms with van der Waals surface area (Å²) in [6.45, 7) is 3.98. The van der Waals surface area contributed by atoms with Gasteiger partial charge in [-0.2, -0.15) is 0 Å². The molecular weight excluding hydrogens is 342 g/mol. The van der Waals surface area contributed by atoms with Crippen LogP contribution >= 0.6 is 0 Å². The molecule has 3 aromatic rings. The van der Waals surface area contributed by atoms with Gasteiger partial charge in [0.05, 0.1) is 12.8 Å². The standard InChI is InChI=1S/C21H23N3O3/c1-14(2)11-17(21(26)27-3)23-20(25)16-9-10-24-13-18(22-19(24)12-16)15-7-5-4-6-8-15/h4-10,12-14,17H,11H2,1-3H3,(H,23,25). The summed E-state index contributed by atoms with van der Waals surface area (Å²) in [7, 11) is 1.32. The Kier molecular flexibility index (Phi) is 5.54. The quantitative estimate of drug-likeness (QED) is 0.680. The molecule has 0 saturated heterocycles. The molecule has 3 rings (SSSR count). The average molecular weight is 365 g/mol. The molecule has 0 bridgehead atoms. The molecule has 0 aliphatic rings. The van der Waals surface area contributed by atoms with Crippen LogP contribution in [0.15, 0.2) is 54.9 Å². The number of nitrogens with one attached hydrogen (secondary N) is 1. The van der Waals surface area contributed by atoms with E-state index in [2.05, 4.69) is 10.3 Å².